The zero-order valence-corrected chi connectivity index (χ0v) is 13.9. The monoisotopic (exact) mass is 375 g/mol. The molecule has 0 radical (unpaired) electrons. The number of halogens is 1. The van der Waals surface area contributed by atoms with Crippen LogP contribution in [0.1, 0.15) is 25.7 Å². The fourth-order valence-electron chi connectivity index (χ4n) is 2.60. The summed E-state index contributed by atoms with van der Waals surface area (Å²) >= 11 is 3.23. The van der Waals surface area contributed by atoms with Gasteiger partial charge in [0.2, 0.25) is 15.9 Å². The Morgan fingerprint density at radius 2 is 1.95 bits per heavy atom. The highest BCUT2D eigenvalue weighted by Gasteiger charge is 2.35. The third-order valence-electron chi connectivity index (χ3n) is 3.59. The van der Waals surface area contributed by atoms with Crippen LogP contribution in [0.4, 0.5) is 5.69 Å². The second-order valence-corrected chi connectivity index (χ2v) is 7.86. The molecule has 6 nitrogen and oxygen atoms in total. The number of nitrogens with two attached hydrogens (primary N) is 2. The van der Waals surface area contributed by atoms with Crippen LogP contribution in [0.15, 0.2) is 27.6 Å². The van der Waals surface area contributed by atoms with E-state index in [1.165, 1.54) is 10.4 Å². The predicted octanol–water partition coefficient (Wildman–Crippen LogP) is 1.45. The molecule has 21 heavy (non-hydrogen) atoms. The van der Waals surface area contributed by atoms with Crippen molar-refractivity contribution in [3.8, 4) is 0 Å². The third-order valence-corrected chi connectivity index (χ3v) is 6.48. The zero-order valence-electron chi connectivity index (χ0n) is 11.5. The van der Waals surface area contributed by atoms with E-state index in [2.05, 4.69) is 15.9 Å². The number of carbonyl (C=O) groups excluding carboxylic acids is 1. The molecule has 1 saturated carbocycles. The Bertz CT molecular complexity index is 642. The molecule has 0 atom stereocenters. The highest BCUT2D eigenvalue weighted by atomic mass is 79.9. The number of carbonyl (C=O) groups is 1. The summed E-state index contributed by atoms with van der Waals surface area (Å²) in [6.45, 7) is -0.311. The van der Waals surface area contributed by atoms with E-state index >= 15 is 0 Å². The zero-order chi connectivity index (χ0) is 15.6. The maximum Gasteiger partial charge on any atom is 0.244 e. The van der Waals surface area contributed by atoms with Crippen molar-refractivity contribution >= 4 is 37.5 Å². The number of hydrogen-bond donors (Lipinski definition) is 2. The largest absolute Gasteiger partial charge is 0.399 e. The standard InChI is InChI=1S/C13H18BrN3O3S/c14-11-6-5-9(15)7-12(11)21(19,20)17(8-13(16)18)10-3-1-2-4-10/h5-7,10H,1-4,8,15H2,(H2,16,18). The molecule has 1 aliphatic rings. The number of nitrogens with zero attached hydrogens (tertiary/aromatic N) is 1. The fraction of sp³-hybridized carbons (Fsp3) is 0.462. The third kappa shape index (κ3) is 3.56. The minimum Gasteiger partial charge on any atom is -0.399 e. The maximum atomic E-state index is 12.9. The van der Waals surface area contributed by atoms with Crippen LogP contribution in [-0.2, 0) is 14.8 Å². The van der Waals surface area contributed by atoms with E-state index in [-0.39, 0.29) is 17.5 Å². The second-order valence-electron chi connectivity index (χ2n) is 5.14. The van der Waals surface area contributed by atoms with Crippen molar-refractivity contribution in [1.29, 1.82) is 0 Å². The molecule has 0 spiro atoms. The molecule has 2 rings (SSSR count). The number of amides is 1. The first-order valence-electron chi connectivity index (χ1n) is 6.67. The van der Waals surface area contributed by atoms with Gasteiger partial charge in [0.15, 0.2) is 0 Å². The van der Waals surface area contributed by atoms with Crippen LogP contribution in [0, 0.1) is 0 Å². The van der Waals surface area contributed by atoms with E-state index in [4.69, 9.17) is 11.5 Å². The molecule has 1 aliphatic carbocycles. The van der Waals surface area contributed by atoms with Crippen LogP contribution < -0.4 is 11.5 Å². The molecular formula is C13H18BrN3O3S. The van der Waals surface area contributed by atoms with Crippen LogP contribution in [-0.4, -0.2) is 31.2 Å². The molecule has 1 fully saturated rings. The van der Waals surface area contributed by atoms with Crippen molar-refractivity contribution in [2.45, 2.75) is 36.6 Å². The van der Waals surface area contributed by atoms with Crippen LogP contribution >= 0.6 is 15.9 Å². The highest BCUT2D eigenvalue weighted by Crippen LogP contribution is 2.32. The van der Waals surface area contributed by atoms with Gasteiger partial charge in [-0.05, 0) is 47.0 Å². The van der Waals surface area contributed by atoms with Gasteiger partial charge in [-0.15, -0.1) is 0 Å². The number of primary amides is 1. The number of rotatable bonds is 5. The first-order chi connectivity index (χ1) is 9.82. The fourth-order valence-corrected chi connectivity index (χ4v) is 5.21. The number of nitrogen functional groups attached to an aromatic ring is 1. The number of anilines is 1. The van der Waals surface area contributed by atoms with Gasteiger partial charge < -0.3 is 11.5 Å². The topological polar surface area (TPSA) is 106 Å². The Hall–Kier alpha value is -1.12. The minimum atomic E-state index is -3.83. The molecule has 1 aromatic carbocycles. The Kier molecular flexibility index (Phi) is 4.90. The van der Waals surface area contributed by atoms with Gasteiger partial charge in [0, 0.05) is 16.2 Å². The Morgan fingerprint density at radius 3 is 2.52 bits per heavy atom. The molecule has 8 heteroatoms. The normalized spacial score (nSPS) is 16.5. The molecule has 0 unspecified atom stereocenters. The van der Waals surface area contributed by atoms with E-state index in [9.17, 15) is 13.2 Å². The summed E-state index contributed by atoms with van der Waals surface area (Å²) in [5.74, 6) is -0.662. The van der Waals surface area contributed by atoms with Gasteiger partial charge in [0.1, 0.15) is 0 Å². The molecule has 4 N–H and O–H groups in total. The average Bonchev–Trinajstić information content (AvgIpc) is 2.92. The molecule has 0 saturated heterocycles. The highest BCUT2D eigenvalue weighted by molar-refractivity contribution is 9.10. The van der Waals surface area contributed by atoms with Gasteiger partial charge in [-0.25, -0.2) is 8.42 Å². The van der Waals surface area contributed by atoms with E-state index < -0.39 is 15.9 Å². The van der Waals surface area contributed by atoms with Crippen LogP contribution in [0.5, 0.6) is 0 Å². The Labute approximate surface area is 132 Å². The van der Waals surface area contributed by atoms with E-state index in [0.717, 1.165) is 25.7 Å². The van der Waals surface area contributed by atoms with Gasteiger partial charge >= 0.3 is 0 Å². The van der Waals surface area contributed by atoms with Crippen LogP contribution in [0.25, 0.3) is 0 Å². The lowest BCUT2D eigenvalue weighted by Crippen LogP contribution is -2.44. The first kappa shape index (κ1) is 16.3. The lowest BCUT2D eigenvalue weighted by molar-refractivity contribution is -0.118. The van der Waals surface area contributed by atoms with Crippen molar-refractivity contribution in [3.05, 3.63) is 22.7 Å². The van der Waals surface area contributed by atoms with Gasteiger partial charge in [0.05, 0.1) is 11.4 Å². The average molecular weight is 376 g/mol. The summed E-state index contributed by atoms with van der Waals surface area (Å²) in [7, 11) is -3.83. The summed E-state index contributed by atoms with van der Waals surface area (Å²) in [6.07, 6.45) is 3.39. The van der Waals surface area contributed by atoms with Gasteiger partial charge in [0.25, 0.3) is 0 Å². The Morgan fingerprint density at radius 1 is 1.33 bits per heavy atom. The SMILES string of the molecule is NC(=O)CN(C1CCCC1)S(=O)(=O)c1cc(N)ccc1Br. The quantitative estimate of drug-likeness (QED) is 0.759. The van der Waals surface area contributed by atoms with E-state index in [1.54, 1.807) is 12.1 Å². The van der Waals surface area contributed by atoms with Gasteiger partial charge in [-0.3, -0.25) is 4.79 Å². The molecule has 0 heterocycles. The lowest BCUT2D eigenvalue weighted by Gasteiger charge is -2.27. The second kappa shape index (κ2) is 6.33. The van der Waals surface area contributed by atoms with Crippen molar-refractivity contribution in [2.24, 2.45) is 5.73 Å². The maximum absolute atomic E-state index is 12.9. The molecule has 1 aromatic rings. The minimum absolute atomic E-state index is 0.0654. The molecule has 1 amide bonds. The molecule has 0 aromatic heterocycles. The van der Waals surface area contributed by atoms with Crippen LogP contribution in [0.2, 0.25) is 0 Å². The summed E-state index contributed by atoms with van der Waals surface area (Å²) < 4.78 is 27.4. The molecule has 0 bridgehead atoms. The van der Waals surface area contributed by atoms with Gasteiger partial charge in [-0.1, -0.05) is 12.8 Å². The van der Waals surface area contributed by atoms with Crippen molar-refractivity contribution < 1.29 is 13.2 Å². The number of benzene rings is 1. The van der Waals surface area contributed by atoms with Gasteiger partial charge in [-0.2, -0.15) is 4.31 Å². The van der Waals surface area contributed by atoms with E-state index in [0.29, 0.717) is 10.2 Å². The summed E-state index contributed by atoms with van der Waals surface area (Å²) in [5, 5.41) is 0. The predicted molar refractivity (Wildman–Crippen MR) is 83.9 cm³/mol. The molecule has 116 valence electrons. The van der Waals surface area contributed by atoms with Crippen molar-refractivity contribution in [2.75, 3.05) is 12.3 Å². The van der Waals surface area contributed by atoms with Crippen LogP contribution in [0.3, 0.4) is 0 Å². The lowest BCUT2D eigenvalue weighted by atomic mass is 10.2. The van der Waals surface area contributed by atoms with Crippen molar-refractivity contribution in [3.63, 3.8) is 0 Å². The van der Waals surface area contributed by atoms with E-state index in [1.807, 2.05) is 0 Å². The first-order valence-corrected chi connectivity index (χ1v) is 8.91. The summed E-state index contributed by atoms with van der Waals surface area (Å²) in [4.78, 5) is 11.3. The molecular weight excluding hydrogens is 358 g/mol. The number of sulfonamides is 1. The molecule has 0 aliphatic heterocycles. The Balaban J connectivity index is 2.45. The number of hydrogen-bond acceptors (Lipinski definition) is 4. The van der Waals surface area contributed by atoms with Crippen molar-refractivity contribution in [1.82, 2.24) is 4.31 Å². The summed E-state index contributed by atoms with van der Waals surface area (Å²) in [6, 6.07) is 4.40. The smallest absolute Gasteiger partial charge is 0.244 e. The summed E-state index contributed by atoms with van der Waals surface area (Å²) in [5.41, 5.74) is 11.3.